The molecule has 1 unspecified atom stereocenters. The Morgan fingerprint density at radius 3 is 2.38 bits per heavy atom. The summed E-state index contributed by atoms with van der Waals surface area (Å²) in [7, 11) is 4.99. The van der Waals surface area contributed by atoms with E-state index < -0.39 is 6.04 Å². The van der Waals surface area contributed by atoms with Crippen molar-refractivity contribution in [2.24, 2.45) is 11.8 Å². The van der Waals surface area contributed by atoms with Crippen LogP contribution in [-0.2, 0) is 16.0 Å². The molecule has 2 rings (SSSR count). The van der Waals surface area contributed by atoms with Gasteiger partial charge < -0.3 is 19.7 Å². The number of rotatable bonds is 9. The average Bonchev–Trinajstić information content (AvgIpc) is 3.48. The number of nitrogens with zero attached hydrogens (tertiary/aromatic N) is 1. The number of amides is 2. The van der Waals surface area contributed by atoms with Gasteiger partial charge in [-0.3, -0.25) is 9.59 Å². The molecule has 6 heteroatoms. The first-order chi connectivity index (χ1) is 12.4. The molecule has 1 aromatic rings. The third-order valence-corrected chi connectivity index (χ3v) is 4.74. The van der Waals surface area contributed by atoms with E-state index in [1.54, 1.807) is 26.2 Å². The Morgan fingerprint density at radius 2 is 1.85 bits per heavy atom. The van der Waals surface area contributed by atoms with E-state index in [-0.39, 0.29) is 23.7 Å². The largest absolute Gasteiger partial charge is 0.493 e. The second-order valence-corrected chi connectivity index (χ2v) is 7.20. The van der Waals surface area contributed by atoms with Gasteiger partial charge in [0.15, 0.2) is 11.5 Å². The smallest absolute Gasteiger partial charge is 0.245 e. The van der Waals surface area contributed by atoms with Gasteiger partial charge in [-0.2, -0.15) is 0 Å². The number of nitrogens with one attached hydrogen (secondary N) is 1. The lowest BCUT2D eigenvalue weighted by molar-refractivity contribution is -0.136. The lowest BCUT2D eigenvalue weighted by atomic mass is 10.0. The highest BCUT2D eigenvalue weighted by molar-refractivity contribution is 5.89. The molecule has 0 saturated heterocycles. The molecule has 1 aliphatic carbocycles. The maximum atomic E-state index is 12.8. The molecule has 0 radical (unpaired) electrons. The van der Waals surface area contributed by atoms with Crippen LogP contribution in [0.5, 0.6) is 11.5 Å². The molecule has 6 nitrogen and oxygen atoms in total. The Bertz CT molecular complexity index is 641. The van der Waals surface area contributed by atoms with Gasteiger partial charge >= 0.3 is 0 Å². The zero-order valence-corrected chi connectivity index (χ0v) is 16.4. The van der Waals surface area contributed by atoms with Crippen molar-refractivity contribution in [1.29, 1.82) is 0 Å². The third kappa shape index (κ3) is 5.13. The maximum absolute atomic E-state index is 12.8. The number of hydrogen-bond donors (Lipinski definition) is 1. The predicted octanol–water partition coefficient (Wildman–Crippen LogP) is 2.26. The van der Waals surface area contributed by atoms with E-state index >= 15 is 0 Å². The van der Waals surface area contributed by atoms with E-state index in [0.717, 1.165) is 18.4 Å². The fraction of sp³-hybridized carbons (Fsp3) is 0.600. The third-order valence-electron chi connectivity index (χ3n) is 4.74. The van der Waals surface area contributed by atoms with Crippen LogP contribution in [0.1, 0.15) is 32.3 Å². The number of hydrogen-bond acceptors (Lipinski definition) is 4. The number of methoxy groups -OCH3 is 2. The van der Waals surface area contributed by atoms with Crippen molar-refractivity contribution in [1.82, 2.24) is 10.2 Å². The topological polar surface area (TPSA) is 67.9 Å². The van der Waals surface area contributed by atoms with Gasteiger partial charge in [0, 0.05) is 19.5 Å². The summed E-state index contributed by atoms with van der Waals surface area (Å²) in [5.74, 6) is 1.47. The van der Waals surface area contributed by atoms with Crippen LogP contribution in [-0.4, -0.2) is 50.6 Å². The van der Waals surface area contributed by atoms with Gasteiger partial charge in [-0.1, -0.05) is 19.9 Å². The normalized spacial score (nSPS) is 14.7. The molecule has 1 aliphatic rings. The summed E-state index contributed by atoms with van der Waals surface area (Å²) in [5.41, 5.74) is 1.06. The Balaban J connectivity index is 1.95. The molecule has 0 bridgehead atoms. The summed E-state index contributed by atoms with van der Waals surface area (Å²) in [6.45, 7) is 4.48. The van der Waals surface area contributed by atoms with Gasteiger partial charge in [-0.25, -0.2) is 0 Å². The molecule has 1 fully saturated rings. The highest BCUT2D eigenvalue weighted by Crippen LogP contribution is 2.29. The van der Waals surface area contributed by atoms with Crippen LogP contribution in [0.15, 0.2) is 18.2 Å². The van der Waals surface area contributed by atoms with Crippen molar-refractivity contribution < 1.29 is 19.1 Å². The molecule has 0 heterocycles. The van der Waals surface area contributed by atoms with Crippen LogP contribution in [0.4, 0.5) is 0 Å². The highest BCUT2D eigenvalue weighted by Gasteiger charge is 2.34. The van der Waals surface area contributed by atoms with E-state index in [1.807, 2.05) is 32.0 Å². The quantitative estimate of drug-likeness (QED) is 0.732. The van der Waals surface area contributed by atoms with Crippen LogP contribution in [0, 0.1) is 11.8 Å². The number of carbonyl (C=O) groups is 2. The number of benzene rings is 1. The van der Waals surface area contributed by atoms with Gasteiger partial charge in [-0.15, -0.1) is 0 Å². The first-order valence-corrected chi connectivity index (χ1v) is 9.13. The lowest BCUT2D eigenvalue weighted by Crippen LogP contribution is -2.51. The summed E-state index contributed by atoms with van der Waals surface area (Å²) in [4.78, 5) is 26.5. The zero-order valence-electron chi connectivity index (χ0n) is 16.4. The first kappa shape index (κ1) is 20.1. The molecule has 0 spiro atoms. The molecular formula is C20H30N2O4. The summed E-state index contributed by atoms with van der Waals surface area (Å²) in [6.07, 6.45) is 2.56. The Labute approximate surface area is 155 Å². The van der Waals surface area contributed by atoms with Gasteiger partial charge in [0.25, 0.3) is 0 Å². The van der Waals surface area contributed by atoms with E-state index in [2.05, 4.69) is 5.32 Å². The monoisotopic (exact) mass is 362 g/mol. The van der Waals surface area contributed by atoms with Gasteiger partial charge in [0.05, 0.1) is 14.2 Å². The average molecular weight is 362 g/mol. The SMILES string of the molecule is COc1ccc(CCN(C)C(=O)C(NC(=O)C2CC2)C(C)C)cc1OC. The fourth-order valence-corrected chi connectivity index (χ4v) is 2.81. The summed E-state index contributed by atoms with van der Waals surface area (Å²) in [6, 6.07) is 5.28. The summed E-state index contributed by atoms with van der Waals surface area (Å²) < 4.78 is 10.6. The van der Waals surface area contributed by atoms with E-state index in [4.69, 9.17) is 9.47 Å². The van der Waals surface area contributed by atoms with Crippen molar-refractivity contribution in [2.75, 3.05) is 27.8 Å². The van der Waals surface area contributed by atoms with E-state index in [9.17, 15) is 9.59 Å². The van der Waals surface area contributed by atoms with Crippen LogP contribution < -0.4 is 14.8 Å². The molecule has 144 valence electrons. The highest BCUT2D eigenvalue weighted by atomic mass is 16.5. The second-order valence-electron chi connectivity index (χ2n) is 7.20. The molecule has 26 heavy (non-hydrogen) atoms. The molecule has 1 aromatic carbocycles. The number of likely N-dealkylation sites (N-methyl/N-ethyl adjacent to an activating group) is 1. The minimum atomic E-state index is -0.474. The van der Waals surface area contributed by atoms with E-state index in [1.165, 1.54) is 0 Å². The Hall–Kier alpha value is -2.24. The van der Waals surface area contributed by atoms with Crippen LogP contribution in [0.2, 0.25) is 0 Å². The number of carbonyl (C=O) groups excluding carboxylic acids is 2. The van der Waals surface area contributed by atoms with Crippen molar-refractivity contribution in [3.8, 4) is 11.5 Å². The molecule has 2 amide bonds. The molecular weight excluding hydrogens is 332 g/mol. The number of ether oxygens (including phenoxy) is 2. The molecule has 0 aliphatic heterocycles. The van der Waals surface area contributed by atoms with Gasteiger partial charge in [0.1, 0.15) is 6.04 Å². The lowest BCUT2D eigenvalue weighted by Gasteiger charge is -2.27. The molecule has 1 saturated carbocycles. The van der Waals surface area contributed by atoms with Gasteiger partial charge in [0.2, 0.25) is 11.8 Å². The maximum Gasteiger partial charge on any atom is 0.245 e. The van der Waals surface area contributed by atoms with Crippen molar-refractivity contribution in [2.45, 2.75) is 39.2 Å². The van der Waals surface area contributed by atoms with Crippen molar-refractivity contribution in [3.05, 3.63) is 23.8 Å². The molecule has 1 N–H and O–H groups in total. The van der Waals surface area contributed by atoms with Crippen LogP contribution in [0.25, 0.3) is 0 Å². The predicted molar refractivity (Wildman–Crippen MR) is 100 cm³/mol. The minimum Gasteiger partial charge on any atom is -0.493 e. The minimum absolute atomic E-state index is 0.00495. The van der Waals surface area contributed by atoms with Gasteiger partial charge in [-0.05, 0) is 42.9 Å². The Morgan fingerprint density at radius 1 is 1.19 bits per heavy atom. The first-order valence-electron chi connectivity index (χ1n) is 9.13. The summed E-state index contributed by atoms with van der Waals surface area (Å²) >= 11 is 0. The zero-order chi connectivity index (χ0) is 19.3. The van der Waals surface area contributed by atoms with Crippen molar-refractivity contribution >= 4 is 11.8 Å². The summed E-state index contributed by atoms with van der Waals surface area (Å²) in [5, 5.41) is 2.92. The molecule has 1 atom stereocenters. The van der Waals surface area contributed by atoms with Crippen LogP contribution >= 0.6 is 0 Å². The second kappa shape index (κ2) is 8.92. The standard InChI is InChI=1S/C20H30N2O4/c1-13(2)18(21-19(23)15-7-8-15)20(24)22(3)11-10-14-6-9-16(25-4)17(12-14)26-5/h6,9,12-13,15,18H,7-8,10-11H2,1-5H3,(H,21,23). The van der Waals surface area contributed by atoms with E-state index in [0.29, 0.717) is 24.5 Å². The fourth-order valence-electron chi connectivity index (χ4n) is 2.81. The van der Waals surface area contributed by atoms with Crippen LogP contribution in [0.3, 0.4) is 0 Å². The molecule has 0 aromatic heterocycles. The van der Waals surface area contributed by atoms with Crippen molar-refractivity contribution in [3.63, 3.8) is 0 Å². The Kier molecular flexibility index (Phi) is 6.89.